The predicted molar refractivity (Wildman–Crippen MR) is 125 cm³/mol. The van der Waals surface area contributed by atoms with Gasteiger partial charge in [-0.2, -0.15) is 10.2 Å². The van der Waals surface area contributed by atoms with Crippen LogP contribution in [0.15, 0.2) is 36.7 Å². The van der Waals surface area contributed by atoms with E-state index in [1.165, 1.54) is 18.0 Å². The number of halogens is 1. The zero-order chi connectivity index (χ0) is 23.7. The van der Waals surface area contributed by atoms with Crippen molar-refractivity contribution >= 4 is 41.2 Å². The van der Waals surface area contributed by atoms with Crippen molar-refractivity contribution in [3.8, 4) is 17.0 Å². The zero-order valence-corrected chi connectivity index (χ0v) is 19.1. The second-order valence-electron chi connectivity index (χ2n) is 7.74. The fraction of sp³-hybridized carbons (Fsp3) is 0.273. The van der Waals surface area contributed by atoms with Gasteiger partial charge in [-0.15, -0.1) is 0 Å². The van der Waals surface area contributed by atoms with Crippen molar-refractivity contribution in [3.05, 3.63) is 47.3 Å². The Morgan fingerprint density at radius 1 is 1.36 bits per heavy atom. The first-order valence-electron chi connectivity index (χ1n) is 10.2. The van der Waals surface area contributed by atoms with E-state index in [9.17, 15) is 14.7 Å². The number of amides is 1. The number of aromatic nitrogens is 4. The number of hydrogen-bond acceptors (Lipinski definition) is 6. The molecule has 0 saturated heterocycles. The molecule has 1 unspecified atom stereocenters. The van der Waals surface area contributed by atoms with Gasteiger partial charge in [0.1, 0.15) is 22.8 Å². The van der Waals surface area contributed by atoms with Gasteiger partial charge in [-0.1, -0.05) is 18.5 Å². The van der Waals surface area contributed by atoms with Gasteiger partial charge < -0.3 is 20.1 Å². The van der Waals surface area contributed by atoms with Crippen molar-refractivity contribution in [2.45, 2.75) is 13.5 Å². The van der Waals surface area contributed by atoms with E-state index >= 15 is 0 Å². The van der Waals surface area contributed by atoms with E-state index in [0.29, 0.717) is 45.6 Å². The van der Waals surface area contributed by atoms with Crippen molar-refractivity contribution in [1.29, 1.82) is 0 Å². The molecule has 3 heterocycles. The molecule has 0 radical (unpaired) electrons. The predicted octanol–water partition coefficient (Wildman–Crippen LogP) is 3.30. The Hall–Kier alpha value is -3.79. The monoisotopic (exact) mass is 470 g/mol. The number of aliphatic carboxylic acids is 1. The Kier molecular flexibility index (Phi) is 6.10. The molecule has 0 fully saturated rings. The number of benzene rings is 1. The maximum atomic E-state index is 13.2. The Balaban J connectivity index is 1.74. The molecule has 0 aliphatic carbocycles. The summed E-state index contributed by atoms with van der Waals surface area (Å²) in [4.78, 5) is 26.5. The largest absolute Gasteiger partial charge is 0.496 e. The van der Waals surface area contributed by atoms with Crippen LogP contribution in [-0.2, 0) is 11.3 Å². The van der Waals surface area contributed by atoms with Gasteiger partial charge in [0.25, 0.3) is 5.91 Å². The lowest BCUT2D eigenvalue weighted by molar-refractivity contribution is -0.141. The van der Waals surface area contributed by atoms with Gasteiger partial charge in [0.2, 0.25) is 0 Å². The van der Waals surface area contributed by atoms with Crippen LogP contribution >= 0.6 is 11.6 Å². The molecule has 172 valence electrons. The average molecular weight is 471 g/mol. The van der Waals surface area contributed by atoms with Crippen molar-refractivity contribution in [1.82, 2.24) is 19.6 Å². The average Bonchev–Trinajstić information content (AvgIpc) is 3.38. The number of nitrogens with zero attached hydrogens (tertiary/aromatic N) is 5. The number of carbonyl (C=O) groups excluding carboxylic acids is 1. The highest BCUT2D eigenvalue weighted by molar-refractivity contribution is 6.31. The smallest absolute Gasteiger partial charge is 0.308 e. The van der Waals surface area contributed by atoms with Crippen molar-refractivity contribution in [2.24, 2.45) is 5.92 Å². The number of ether oxygens (including phenoxy) is 1. The zero-order valence-electron chi connectivity index (χ0n) is 18.3. The van der Waals surface area contributed by atoms with Crippen LogP contribution in [0, 0.1) is 5.92 Å². The summed E-state index contributed by atoms with van der Waals surface area (Å²) in [6.07, 6.45) is 6.86. The Bertz CT molecular complexity index is 1250. The number of methoxy groups -OCH3 is 1. The fourth-order valence-electron chi connectivity index (χ4n) is 3.62. The lowest BCUT2D eigenvalue weighted by Gasteiger charge is -2.22. The Morgan fingerprint density at radius 3 is 2.88 bits per heavy atom. The van der Waals surface area contributed by atoms with E-state index in [4.69, 9.17) is 16.3 Å². The van der Waals surface area contributed by atoms with Gasteiger partial charge in [0, 0.05) is 36.6 Å². The van der Waals surface area contributed by atoms with Crippen molar-refractivity contribution < 1.29 is 19.4 Å². The number of carboxylic acid groups (broad SMARTS) is 1. The summed E-state index contributed by atoms with van der Waals surface area (Å²) >= 11 is 6.21. The molecule has 2 aromatic heterocycles. The first-order chi connectivity index (χ1) is 15.8. The van der Waals surface area contributed by atoms with E-state index < -0.39 is 11.9 Å². The quantitative estimate of drug-likeness (QED) is 0.544. The number of carboxylic acids is 1. The molecule has 1 atom stereocenters. The summed E-state index contributed by atoms with van der Waals surface area (Å²) in [6.45, 7) is 2.37. The van der Waals surface area contributed by atoms with Gasteiger partial charge in [0.15, 0.2) is 0 Å². The number of carbonyl (C=O) groups is 2. The van der Waals surface area contributed by atoms with Crippen LogP contribution in [-0.4, -0.2) is 57.2 Å². The van der Waals surface area contributed by atoms with E-state index in [-0.39, 0.29) is 12.5 Å². The van der Waals surface area contributed by atoms with Crippen LogP contribution < -0.4 is 15.0 Å². The number of nitrogens with one attached hydrogen (secondary N) is 1. The number of rotatable bonds is 7. The molecule has 1 aliphatic rings. The molecule has 1 aromatic carbocycles. The summed E-state index contributed by atoms with van der Waals surface area (Å²) in [6, 6.07) is 5.08. The van der Waals surface area contributed by atoms with Crippen LogP contribution in [0.5, 0.6) is 5.75 Å². The minimum absolute atomic E-state index is 0.123. The molecule has 3 aromatic rings. The van der Waals surface area contributed by atoms with E-state index in [1.54, 1.807) is 42.2 Å². The maximum absolute atomic E-state index is 13.2. The molecule has 10 nitrogen and oxygen atoms in total. The third kappa shape index (κ3) is 4.42. The number of anilines is 2. The SMILES string of the molecule is COc1ccc(Cl)cc1-c1nn(CC(C)C(=O)O)cc1NC(=O)c1cnn2c1N(C)CC=C2. The molecule has 2 N–H and O–H groups in total. The van der Waals surface area contributed by atoms with Crippen LogP contribution in [0.25, 0.3) is 17.5 Å². The molecule has 0 saturated carbocycles. The normalized spacial score (nSPS) is 13.5. The van der Waals surface area contributed by atoms with Gasteiger partial charge in [-0.05, 0) is 24.3 Å². The standard InChI is InChI=1S/C22H23ClN6O4/c1-13(22(31)32)11-28-12-17(19(26-28)15-9-14(23)5-6-18(15)33-3)25-20(30)16-10-24-29-8-4-7-27(2)21(16)29/h4-6,8-10,12-13H,7,11H2,1-3H3,(H,25,30)(H,31,32). The first-order valence-corrected chi connectivity index (χ1v) is 10.6. The third-order valence-electron chi connectivity index (χ3n) is 5.31. The van der Waals surface area contributed by atoms with Gasteiger partial charge in [-0.3, -0.25) is 14.3 Å². The maximum Gasteiger partial charge on any atom is 0.308 e. The second kappa shape index (κ2) is 8.99. The van der Waals surface area contributed by atoms with Crippen LogP contribution in [0.4, 0.5) is 11.5 Å². The lowest BCUT2D eigenvalue weighted by atomic mass is 10.1. The molecular formula is C22H23ClN6O4. The number of fused-ring (bicyclic) bond motifs is 1. The Labute approximate surface area is 195 Å². The van der Waals surface area contributed by atoms with E-state index in [2.05, 4.69) is 15.5 Å². The van der Waals surface area contributed by atoms with E-state index in [1.807, 2.05) is 18.0 Å². The molecule has 33 heavy (non-hydrogen) atoms. The minimum atomic E-state index is -0.944. The summed E-state index contributed by atoms with van der Waals surface area (Å²) in [7, 11) is 3.40. The second-order valence-corrected chi connectivity index (χ2v) is 8.18. The summed E-state index contributed by atoms with van der Waals surface area (Å²) in [5.74, 6) is -0.805. The summed E-state index contributed by atoms with van der Waals surface area (Å²) in [5.41, 5.74) is 1.78. The van der Waals surface area contributed by atoms with Crippen LogP contribution in [0.2, 0.25) is 5.02 Å². The molecule has 1 amide bonds. The summed E-state index contributed by atoms with van der Waals surface area (Å²) < 4.78 is 8.59. The van der Waals surface area contributed by atoms with Gasteiger partial charge in [0.05, 0.1) is 31.5 Å². The van der Waals surface area contributed by atoms with Crippen molar-refractivity contribution in [2.75, 3.05) is 30.9 Å². The number of hydrogen-bond donors (Lipinski definition) is 2. The van der Waals surface area contributed by atoms with Gasteiger partial charge in [-0.25, -0.2) is 4.68 Å². The van der Waals surface area contributed by atoms with E-state index in [0.717, 1.165) is 0 Å². The highest BCUT2D eigenvalue weighted by atomic mass is 35.5. The van der Waals surface area contributed by atoms with Crippen LogP contribution in [0.1, 0.15) is 17.3 Å². The molecule has 4 rings (SSSR count). The minimum Gasteiger partial charge on any atom is -0.496 e. The molecule has 0 spiro atoms. The topological polar surface area (TPSA) is 115 Å². The highest BCUT2D eigenvalue weighted by Gasteiger charge is 2.25. The Morgan fingerprint density at radius 2 is 2.15 bits per heavy atom. The van der Waals surface area contributed by atoms with Crippen LogP contribution in [0.3, 0.4) is 0 Å². The summed E-state index contributed by atoms with van der Waals surface area (Å²) in [5, 5.41) is 21.5. The third-order valence-corrected chi connectivity index (χ3v) is 5.55. The lowest BCUT2D eigenvalue weighted by Crippen LogP contribution is -2.25. The highest BCUT2D eigenvalue weighted by Crippen LogP contribution is 2.36. The van der Waals surface area contributed by atoms with Crippen molar-refractivity contribution in [3.63, 3.8) is 0 Å². The molecular weight excluding hydrogens is 448 g/mol. The number of likely N-dealkylation sites (N-methyl/N-ethyl adjacent to an activating group) is 1. The fourth-order valence-corrected chi connectivity index (χ4v) is 3.79. The molecule has 0 bridgehead atoms. The van der Waals surface area contributed by atoms with Gasteiger partial charge >= 0.3 is 5.97 Å². The molecule has 1 aliphatic heterocycles. The molecule has 11 heteroatoms. The first kappa shape index (κ1) is 22.4.